The number of carbonyl (C=O) groups excluding carboxylic acids is 2. The standard InChI is InChI=1S/C18H27N3O5/c1-12(20-17(25)26-18(2,3)4)15(22)19-11-14(21-16(23)24)10-13-8-6-5-7-9-13/h5-9,12,14,21H,10-11H2,1-4H3,(H,19,22)(H,20,25)(H,23,24)/t12-,14+/m1/s1. The van der Waals surface area contributed by atoms with Crippen LogP contribution in [0, 0.1) is 0 Å². The van der Waals surface area contributed by atoms with Gasteiger partial charge in [-0.05, 0) is 39.7 Å². The van der Waals surface area contributed by atoms with Gasteiger partial charge < -0.3 is 25.8 Å². The summed E-state index contributed by atoms with van der Waals surface area (Å²) >= 11 is 0. The van der Waals surface area contributed by atoms with Gasteiger partial charge in [0, 0.05) is 6.54 Å². The molecule has 2 atom stereocenters. The first kappa shape index (κ1) is 21.3. The maximum Gasteiger partial charge on any atom is 0.408 e. The van der Waals surface area contributed by atoms with Gasteiger partial charge in [0.25, 0.3) is 0 Å². The predicted octanol–water partition coefficient (Wildman–Crippen LogP) is 1.89. The Bertz CT molecular complexity index is 613. The molecule has 4 N–H and O–H groups in total. The van der Waals surface area contributed by atoms with E-state index in [1.54, 1.807) is 20.8 Å². The molecule has 0 heterocycles. The van der Waals surface area contributed by atoms with E-state index >= 15 is 0 Å². The number of alkyl carbamates (subject to hydrolysis) is 1. The zero-order valence-corrected chi connectivity index (χ0v) is 15.5. The van der Waals surface area contributed by atoms with E-state index in [9.17, 15) is 14.4 Å². The quantitative estimate of drug-likeness (QED) is 0.589. The second-order valence-electron chi connectivity index (χ2n) is 6.95. The van der Waals surface area contributed by atoms with E-state index in [-0.39, 0.29) is 6.54 Å². The average molecular weight is 365 g/mol. The van der Waals surface area contributed by atoms with Crippen molar-refractivity contribution in [3.8, 4) is 0 Å². The molecule has 0 aromatic heterocycles. The van der Waals surface area contributed by atoms with Crippen molar-refractivity contribution in [2.75, 3.05) is 6.54 Å². The highest BCUT2D eigenvalue weighted by Gasteiger charge is 2.22. The molecule has 0 saturated heterocycles. The number of benzene rings is 1. The second-order valence-corrected chi connectivity index (χ2v) is 6.95. The van der Waals surface area contributed by atoms with Crippen molar-refractivity contribution in [1.29, 1.82) is 0 Å². The molecule has 1 aromatic carbocycles. The topological polar surface area (TPSA) is 117 Å². The molecule has 3 amide bonds. The van der Waals surface area contributed by atoms with Gasteiger partial charge in [-0.2, -0.15) is 0 Å². The van der Waals surface area contributed by atoms with Crippen molar-refractivity contribution in [2.24, 2.45) is 0 Å². The smallest absolute Gasteiger partial charge is 0.408 e. The first-order chi connectivity index (χ1) is 12.1. The Kier molecular flexibility index (Phi) is 7.89. The Balaban J connectivity index is 2.54. The Morgan fingerprint density at radius 2 is 1.73 bits per heavy atom. The third-order valence-electron chi connectivity index (χ3n) is 3.30. The molecule has 0 aliphatic heterocycles. The molecule has 144 valence electrons. The number of amides is 3. The number of rotatable bonds is 7. The van der Waals surface area contributed by atoms with Crippen LogP contribution in [0.4, 0.5) is 9.59 Å². The molecule has 0 spiro atoms. The van der Waals surface area contributed by atoms with E-state index in [2.05, 4.69) is 16.0 Å². The van der Waals surface area contributed by atoms with Crippen molar-refractivity contribution in [2.45, 2.75) is 51.8 Å². The highest BCUT2D eigenvalue weighted by atomic mass is 16.6. The number of hydrogen-bond donors (Lipinski definition) is 4. The summed E-state index contributed by atoms with van der Waals surface area (Å²) in [7, 11) is 0. The molecule has 0 radical (unpaired) electrons. The molecule has 0 bridgehead atoms. The molecule has 0 aliphatic carbocycles. The molecule has 0 saturated carbocycles. The highest BCUT2D eigenvalue weighted by Crippen LogP contribution is 2.07. The van der Waals surface area contributed by atoms with Gasteiger partial charge in [-0.1, -0.05) is 30.3 Å². The van der Waals surface area contributed by atoms with Crippen LogP contribution in [0.2, 0.25) is 0 Å². The van der Waals surface area contributed by atoms with Crippen molar-refractivity contribution in [3.63, 3.8) is 0 Å². The lowest BCUT2D eigenvalue weighted by atomic mass is 10.1. The maximum absolute atomic E-state index is 12.1. The Labute approximate surface area is 153 Å². The summed E-state index contributed by atoms with van der Waals surface area (Å²) in [5.41, 5.74) is 0.285. The lowest BCUT2D eigenvalue weighted by Crippen LogP contribution is -2.50. The van der Waals surface area contributed by atoms with Crippen molar-refractivity contribution in [1.82, 2.24) is 16.0 Å². The Morgan fingerprint density at radius 1 is 1.12 bits per heavy atom. The van der Waals surface area contributed by atoms with Crippen molar-refractivity contribution >= 4 is 18.1 Å². The molecule has 8 nitrogen and oxygen atoms in total. The summed E-state index contributed by atoms with van der Waals surface area (Å²) in [5, 5.41) is 16.4. The summed E-state index contributed by atoms with van der Waals surface area (Å²) in [5.74, 6) is -0.430. The normalized spacial score (nSPS) is 13.2. The molecule has 1 aromatic rings. The number of hydrogen-bond acceptors (Lipinski definition) is 4. The van der Waals surface area contributed by atoms with Crippen LogP contribution < -0.4 is 16.0 Å². The summed E-state index contributed by atoms with van der Waals surface area (Å²) in [6.45, 7) is 6.80. The summed E-state index contributed by atoms with van der Waals surface area (Å²) < 4.78 is 5.10. The fourth-order valence-corrected chi connectivity index (χ4v) is 2.17. The monoisotopic (exact) mass is 365 g/mol. The average Bonchev–Trinajstić information content (AvgIpc) is 2.50. The van der Waals surface area contributed by atoms with Gasteiger partial charge in [-0.15, -0.1) is 0 Å². The first-order valence-electron chi connectivity index (χ1n) is 8.37. The summed E-state index contributed by atoms with van der Waals surface area (Å²) in [6.07, 6.45) is -1.42. The fraction of sp³-hybridized carbons (Fsp3) is 0.500. The summed E-state index contributed by atoms with van der Waals surface area (Å²) in [4.78, 5) is 34.8. The molecule has 0 aliphatic rings. The first-order valence-corrected chi connectivity index (χ1v) is 8.37. The number of ether oxygens (including phenoxy) is 1. The van der Waals surface area contributed by atoms with Crippen LogP contribution >= 0.6 is 0 Å². The van der Waals surface area contributed by atoms with E-state index in [0.717, 1.165) is 5.56 Å². The van der Waals surface area contributed by atoms with Gasteiger partial charge in [0.15, 0.2) is 0 Å². The fourth-order valence-electron chi connectivity index (χ4n) is 2.17. The minimum Gasteiger partial charge on any atom is -0.465 e. The predicted molar refractivity (Wildman–Crippen MR) is 96.9 cm³/mol. The van der Waals surface area contributed by atoms with Gasteiger partial charge >= 0.3 is 12.2 Å². The van der Waals surface area contributed by atoms with Gasteiger partial charge in [0.2, 0.25) is 5.91 Å². The lowest BCUT2D eigenvalue weighted by Gasteiger charge is -2.22. The van der Waals surface area contributed by atoms with E-state index < -0.39 is 35.8 Å². The maximum atomic E-state index is 12.1. The van der Waals surface area contributed by atoms with E-state index in [1.165, 1.54) is 6.92 Å². The van der Waals surface area contributed by atoms with Crippen LogP contribution in [0.3, 0.4) is 0 Å². The highest BCUT2D eigenvalue weighted by molar-refractivity contribution is 5.85. The van der Waals surface area contributed by atoms with Gasteiger partial charge in [-0.3, -0.25) is 4.79 Å². The molecule has 0 fully saturated rings. The van der Waals surface area contributed by atoms with Crippen LogP contribution in [-0.4, -0.2) is 47.4 Å². The van der Waals surface area contributed by atoms with Crippen LogP contribution in [0.1, 0.15) is 33.3 Å². The molecular weight excluding hydrogens is 338 g/mol. The molecule has 1 rings (SSSR count). The number of carbonyl (C=O) groups is 3. The van der Waals surface area contributed by atoms with Crippen molar-refractivity contribution in [3.05, 3.63) is 35.9 Å². The van der Waals surface area contributed by atoms with E-state index in [1.807, 2.05) is 30.3 Å². The van der Waals surface area contributed by atoms with Gasteiger partial charge in [0.1, 0.15) is 11.6 Å². The van der Waals surface area contributed by atoms with E-state index in [0.29, 0.717) is 6.42 Å². The Morgan fingerprint density at radius 3 is 2.27 bits per heavy atom. The van der Waals surface area contributed by atoms with Crippen molar-refractivity contribution < 1.29 is 24.2 Å². The second kappa shape index (κ2) is 9.65. The SMILES string of the molecule is C[C@@H](NC(=O)OC(C)(C)C)C(=O)NC[C@H](Cc1ccccc1)NC(=O)O. The van der Waals surface area contributed by atoms with Gasteiger partial charge in [0.05, 0.1) is 6.04 Å². The van der Waals surface area contributed by atoms with Gasteiger partial charge in [-0.25, -0.2) is 9.59 Å². The number of carboxylic acid groups (broad SMARTS) is 1. The molecule has 26 heavy (non-hydrogen) atoms. The lowest BCUT2D eigenvalue weighted by molar-refractivity contribution is -0.122. The third-order valence-corrected chi connectivity index (χ3v) is 3.30. The summed E-state index contributed by atoms with van der Waals surface area (Å²) in [6, 6.07) is 8.04. The minimum absolute atomic E-state index is 0.0976. The van der Waals surface area contributed by atoms with E-state index in [4.69, 9.17) is 9.84 Å². The van der Waals surface area contributed by atoms with Crippen LogP contribution in [0.15, 0.2) is 30.3 Å². The molecule has 0 unspecified atom stereocenters. The minimum atomic E-state index is -1.17. The Hall–Kier alpha value is -2.77. The largest absolute Gasteiger partial charge is 0.465 e. The molecular formula is C18H27N3O5. The van der Waals surface area contributed by atoms with Crippen LogP contribution in [-0.2, 0) is 16.0 Å². The van der Waals surface area contributed by atoms with Crippen LogP contribution in [0.5, 0.6) is 0 Å². The molecule has 8 heteroatoms. The zero-order chi connectivity index (χ0) is 19.7. The zero-order valence-electron chi connectivity index (χ0n) is 15.5. The van der Waals surface area contributed by atoms with Crippen LogP contribution in [0.25, 0.3) is 0 Å². The number of nitrogens with one attached hydrogen (secondary N) is 3. The third kappa shape index (κ3) is 8.91.